The highest BCUT2D eigenvalue weighted by Gasteiger charge is 2.37. The molecule has 1 fully saturated rings. The molecule has 0 saturated carbocycles. The normalized spacial score (nSPS) is 22.0. The molecular weight excluding hydrogens is 264 g/mol. The van der Waals surface area contributed by atoms with Gasteiger partial charge in [-0.15, -0.1) is 0 Å². The highest BCUT2D eigenvalue weighted by Crippen LogP contribution is 2.28. The van der Waals surface area contributed by atoms with Crippen molar-refractivity contribution in [2.45, 2.75) is 26.2 Å². The molecule has 1 amide bonds. The second-order valence-corrected chi connectivity index (χ2v) is 6.09. The summed E-state index contributed by atoms with van der Waals surface area (Å²) in [6, 6.07) is 10.2. The molecule has 2 N–H and O–H groups in total. The van der Waals surface area contributed by atoms with Crippen LogP contribution in [-0.2, 0) is 11.2 Å². The molecule has 4 nitrogen and oxygen atoms in total. The summed E-state index contributed by atoms with van der Waals surface area (Å²) in [4.78, 5) is 14.6. The first kappa shape index (κ1) is 16.0. The van der Waals surface area contributed by atoms with Gasteiger partial charge in [0.25, 0.3) is 0 Å². The van der Waals surface area contributed by atoms with E-state index in [1.54, 1.807) is 0 Å². The fraction of sp³-hybridized carbons (Fsp3) is 0.588. The van der Waals surface area contributed by atoms with Crippen molar-refractivity contribution in [3.8, 4) is 0 Å². The first-order valence-corrected chi connectivity index (χ1v) is 7.80. The highest BCUT2D eigenvalue weighted by molar-refractivity contribution is 5.82. The Bertz CT molecular complexity index is 441. The highest BCUT2D eigenvalue weighted by atomic mass is 16.3. The van der Waals surface area contributed by atoms with Gasteiger partial charge in [0.15, 0.2) is 0 Å². The number of hydrogen-bond donors (Lipinski definition) is 2. The topological polar surface area (TPSA) is 52.6 Å². The third-order valence-corrected chi connectivity index (χ3v) is 4.28. The zero-order chi connectivity index (χ0) is 15.1. The summed E-state index contributed by atoms with van der Waals surface area (Å²) in [6.07, 6.45) is 2.79. The number of aliphatic hydroxyl groups is 1. The van der Waals surface area contributed by atoms with Crippen LogP contribution < -0.4 is 5.32 Å². The van der Waals surface area contributed by atoms with Crippen LogP contribution in [0.25, 0.3) is 0 Å². The Morgan fingerprint density at radius 3 is 2.71 bits per heavy atom. The van der Waals surface area contributed by atoms with E-state index in [2.05, 4.69) is 17.4 Å². The fourth-order valence-corrected chi connectivity index (χ4v) is 2.96. The lowest BCUT2D eigenvalue weighted by Gasteiger charge is -2.37. The van der Waals surface area contributed by atoms with Crippen LogP contribution in [0.1, 0.15) is 25.3 Å². The van der Waals surface area contributed by atoms with E-state index >= 15 is 0 Å². The van der Waals surface area contributed by atoms with E-state index in [0.717, 1.165) is 32.4 Å². The summed E-state index contributed by atoms with van der Waals surface area (Å²) in [6.45, 7) is 4.87. The second kappa shape index (κ2) is 7.57. The van der Waals surface area contributed by atoms with Gasteiger partial charge < -0.3 is 15.3 Å². The molecule has 4 heteroatoms. The SMILES string of the molecule is CC1(C(=O)N(CCO)CCc2ccccc2)CCCNC1. The Morgan fingerprint density at radius 1 is 1.33 bits per heavy atom. The minimum Gasteiger partial charge on any atom is -0.395 e. The Hall–Kier alpha value is -1.39. The summed E-state index contributed by atoms with van der Waals surface area (Å²) < 4.78 is 0. The number of benzene rings is 1. The fourth-order valence-electron chi connectivity index (χ4n) is 2.96. The van der Waals surface area contributed by atoms with Crippen molar-refractivity contribution in [2.24, 2.45) is 5.41 Å². The van der Waals surface area contributed by atoms with E-state index in [4.69, 9.17) is 0 Å². The summed E-state index contributed by atoms with van der Waals surface area (Å²) in [5.41, 5.74) is 0.893. The molecular formula is C17H26N2O2. The van der Waals surface area contributed by atoms with Gasteiger partial charge in [-0.25, -0.2) is 0 Å². The van der Waals surface area contributed by atoms with Crippen LogP contribution in [0.3, 0.4) is 0 Å². The minimum absolute atomic E-state index is 0.0179. The Kier molecular flexibility index (Phi) is 5.76. The molecule has 1 aromatic rings. The van der Waals surface area contributed by atoms with Crippen molar-refractivity contribution in [2.75, 3.05) is 32.8 Å². The number of nitrogens with zero attached hydrogens (tertiary/aromatic N) is 1. The molecule has 1 aromatic carbocycles. The number of piperidine rings is 1. The van der Waals surface area contributed by atoms with Crippen molar-refractivity contribution in [1.82, 2.24) is 10.2 Å². The third-order valence-electron chi connectivity index (χ3n) is 4.28. The van der Waals surface area contributed by atoms with Gasteiger partial charge in [0, 0.05) is 19.6 Å². The maximum absolute atomic E-state index is 12.8. The van der Waals surface area contributed by atoms with Gasteiger partial charge in [-0.05, 0) is 38.3 Å². The number of nitrogens with one attached hydrogen (secondary N) is 1. The smallest absolute Gasteiger partial charge is 0.229 e. The Balaban J connectivity index is 1.98. The maximum atomic E-state index is 12.8. The molecule has 0 radical (unpaired) electrons. The minimum atomic E-state index is -0.329. The second-order valence-electron chi connectivity index (χ2n) is 6.09. The molecule has 0 spiro atoms. The molecule has 21 heavy (non-hydrogen) atoms. The average molecular weight is 290 g/mol. The summed E-state index contributed by atoms with van der Waals surface area (Å²) in [5, 5.41) is 12.6. The molecule has 1 aliphatic rings. The van der Waals surface area contributed by atoms with E-state index in [1.165, 1.54) is 5.56 Å². The Morgan fingerprint density at radius 2 is 2.10 bits per heavy atom. The van der Waals surface area contributed by atoms with Crippen LogP contribution in [0.5, 0.6) is 0 Å². The summed E-state index contributed by atoms with van der Waals surface area (Å²) >= 11 is 0. The van der Waals surface area contributed by atoms with E-state index in [0.29, 0.717) is 13.1 Å². The van der Waals surface area contributed by atoms with Gasteiger partial charge in [-0.1, -0.05) is 30.3 Å². The van der Waals surface area contributed by atoms with E-state index < -0.39 is 0 Å². The average Bonchev–Trinajstić information content (AvgIpc) is 2.52. The number of hydrogen-bond acceptors (Lipinski definition) is 3. The molecule has 1 atom stereocenters. The lowest BCUT2D eigenvalue weighted by atomic mass is 9.81. The van der Waals surface area contributed by atoms with Crippen LogP contribution in [0.2, 0.25) is 0 Å². The number of carbonyl (C=O) groups is 1. The van der Waals surface area contributed by atoms with Crippen LogP contribution in [-0.4, -0.2) is 48.7 Å². The monoisotopic (exact) mass is 290 g/mol. The lowest BCUT2D eigenvalue weighted by Crippen LogP contribution is -2.51. The van der Waals surface area contributed by atoms with Gasteiger partial charge in [-0.2, -0.15) is 0 Å². The molecule has 1 aliphatic heterocycles. The number of carbonyl (C=O) groups excluding carboxylic acids is 1. The van der Waals surface area contributed by atoms with Crippen molar-refractivity contribution < 1.29 is 9.90 Å². The van der Waals surface area contributed by atoms with Gasteiger partial charge in [0.1, 0.15) is 0 Å². The number of amides is 1. The van der Waals surface area contributed by atoms with Gasteiger partial charge >= 0.3 is 0 Å². The molecule has 1 unspecified atom stereocenters. The zero-order valence-corrected chi connectivity index (χ0v) is 12.8. The lowest BCUT2D eigenvalue weighted by molar-refractivity contribution is -0.142. The molecule has 0 aliphatic carbocycles. The van der Waals surface area contributed by atoms with Crippen LogP contribution in [0.4, 0.5) is 0 Å². The largest absolute Gasteiger partial charge is 0.395 e. The van der Waals surface area contributed by atoms with Gasteiger partial charge in [0.05, 0.1) is 12.0 Å². The summed E-state index contributed by atoms with van der Waals surface area (Å²) in [5.74, 6) is 0.166. The standard InChI is InChI=1S/C17H26N2O2/c1-17(9-5-10-18-14-17)16(21)19(12-13-20)11-8-15-6-3-2-4-7-15/h2-4,6-7,18,20H,5,8-14H2,1H3. The Labute approximate surface area is 127 Å². The molecule has 1 saturated heterocycles. The predicted molar refractivity (Wildman–Crippen MR) is 84.0 cm³/mol. The van der Waals surface area contributed by atoms with Crippen LogP contribution in [0, 0.1) is 5.41 Å². The quantitative estimate of drug-likeness (QED) is 0.833. The van der Waals surface area contributed by atoms with E-state index in [9.17, 15) is 9.90 Å². The predicted octanol–water partition coefficient (Wildman–Crippen LogP) is 1.44. The van der Waals surface area contributed by atoms with Crippen molar-refractivity contribution in [3.05, 3.63) is 35.9 Å². The van der Waals surface area contributed by atoms with Gasteiger partial charge in [0.2, 0.25) is 5.91 Å². The van der Waals surface area contributed by atoms with E-state index in [-0.39, 0.29) is 17.9 Å². The molecule has 116 valence electrons. The van der Waals surface area contributed by atoms with Crippen molar-refractivity contribution in [3.63, 3.8) is 0 Å². The zero-order valence-electron chi connectivity index (χ0n) is 12.8. The van der Waals surface area contributed by atoms with Gasteiger partial charge in [-0.3, -0.25) is 4.79 Å². The van der Waals surface area contributed by atoms with Crippen LogP contribution >= 0.6 is 0 Å². The number of rotatable bonds is 6. The summed E-state index contributed by atoms with van der Waals surface area (Å²) in [7, 11) is 0. The maximum Gasteiger partial charge on any atom is 0.229 e. The molecule has 0 aromatic heterocycles. The number of aliphatic hydroxyl groups excluding tert-OH is 1. The van der Waals surface area contributed by atoms with Crippen LogP contribution in [0.15, 0.2) is 30.3 Å². The first-order valence-electron chi connectivity index (χ1n) is 7.80. The molecule has 0 bridgehead atoms. The third kappa shape index (κ3) is 4.29. The molecule has 2 rings (SSSR count). The van der Waals surface area contributed by atoms with Crippen molar-refractivity contribution >= 4 is 5.91 Å². The van der Waals surface area contributed by atoms with E-state index in [1.807, 2.05) is 30.0 Å². The van der Waals surface area contributed by atoms with Crippen molar-refractivity contribution in [1.29, 1.82) is 0 Å². The first-order chi connectivity index (χ1) is 10.2. The molecule has 1 heterocycles.